The molecule has 0 spiro atoms. The number of ketones is 1. The first-order valence-electron chi connectivity index (χ1n) is 8.70. The lowest BCUT2D eigenvalue weighted by atomic mass is 9.74. The van der Waals surface area contributed by atoms with Gasteiger partial charge in [-0.3, -0.25) is 9.69 Å². The van der Waals surface area contributed by atoms with Crippen LogP contribution in [0.3, 0.4) is 0 Å². The second-order valence-corrected chi connectivity index (χ2v) is 7.58. The van der Waals surface area contributed by atoms with Gasteiger partial charge in [0.15, 0.2) is 5.78 Å². The van der Waals surface area contributed by atoms with Crippen LogP contribution in [-0.4, -0.2) is 35.6 Å². The summed E-state index contributed by atoms with van der Waals surface area (Å²) in [7, 11) is 0. The number of piperidine rings is 1. The summed E-state index contributed by atoms with van der Waals surface area (Å²) in [4.78, 5) is 17.1. The Bertz CT molecular complexity index is 499. The van der Waals surface area contributed by atoms with Gasteiger partial charge in [-0.1, -0.05) is 37.8 Å². The van der Waals surface area contributed by atoms with Gasteiger partial charge in [0, 0.05) is 10.5 Å². The van der Waals surface area contributed by atoms with Crippen LogP contribution >= 0.6 is 11.8 Å². The average molecular weight is 317 g/mol. The SMILES string of the molecule is CSc1ccc(C(=O)C2(N3CCCCC3)CCCCC2)cc1. The molecule has 1 saturated carbocycles. The molecule has 2 aliphatic rings. The van der Waals surface area contributed by atoms with Crippen molar-refractivity contribution in [3.8, 4) is 0 Å². The van der Waals surface area contributed by atoms with Crippen molar-refractivity contribution in [3.63, 3.8) is 0 Å². The molecule has 0 unspecified atom stereocenters. The van der Waals surface area contributed by atoms with E-state index in [1.165, 1.54) is 43.4 Å². The fourth-order valence-corrected chi connectivity index (χ4v) is 4.56. The molecule has 1 aromatic carbocycles. The molecule has 1 heterocycles. The molecule has 0 bridgehead atoms. The summed E-state index contributed by atoms with van der Waals surface area (Å²) >= 11 is 1.73. The molecular formula is C19H27NOS. The van der Waals surface area contributed by atoms with E-state index in [0.29, 0.717) is 5.78 Å². The average Bonchev–Trinajstić information content (AvgIpc) is 2.62. The van der Waals surface area contributed by atoms with Gasteiger partial charge in [0.1, 0.15) is 0 Å². The maximum absolute atomic E-state index is 13.4. The molecule has 2 fully saturated rings. The zero-order valence-electron chi connectivity index (χ0n) is 13.6. The first-order valence-corrected chi connectivity index (χ1v) is 9.93. The summed E-state index contributed by atoms with van der Waals surface area (Å²) in [6.45, 7) is 2.21. The molecule has 1 aliphatic carbocycles. The second-order valence-electron chi connectivity index (χ2n) is 6.70. The van der Waals surface area contributed by atoms with E-state index in [9.17, 15) is 4.79 Å². The summed E-state index contributed by atoms with van der Waals surface area (Å²) in [5.74, 6) is 0.377. The minimum atomic E-state index is -0.209. The van der Waals surface area contributed by atoms with Crippen molar-refractivity contribution in [1.82, 2.24) is 4.90 Å². The van der Waals surface area contributed by atoms with Crippen molar-refractivity contribution < 1.29 is 4.79 Å². The van der Waals surface area contributed by atoms with Gasteiger partial charge in [0.2, 0.25) is 0 Å². The van der Waals surface area contributed by atoms with Crippen molar-refractivity contribution in [2.45, 2.75) is 61.8 Å². The van der Waals surface area contributed by atoms with Gasteiger partial charge in [-0.05, 0) is 57.2 Å². The van der Waals surface area contributed by atoms with Crippen LogP contribution in [0.4, 0.5) is 0 Å². The molecule has 0 N–H and O–H groups in total. The van der Waals surface area contributed by atoms with E-state index in [2.05, 4.69) is 23.3 Å². The Kier molecular flexibility index (Phi) is 5.25. The number of likely N-dealkylation sites (tertiary alicyclic amines) is 1. The van der Waals surface area contributed by atoms with E-state index in [1.807, 2.05) is 12.1 Å². The summed E-state index contributed by atoms with van der Waals surface area (Å²) in [5, 5.41) is 0. The lowest BCUT2D eigenvalue weighted by molar-refractivity contribution is 0.0292. The molecule has 0 radical (unpaired) electrons. The van der Waals surface area contributed by atoms with E-state index in [-0.39, 0.29) is 5.54 Å². The first kappa shape index (κ1) is 16.1. The minimum Gasteiger partial charge on any atom is -0.292 e. The van der Waals surface area contributed by atoms with Crippen LogP contribution in [0.2, 0.25) is 0 Å². The molecule has 0 aromatic heterocycles. The molecular weight excluding hydrogens is 290 g/mol. The Balaban J connectivity index is 1.88. The molecule has 1 aliphatic heterocycles. The third-order valence-corrected chi connectivity index (χ3v) is 6.16. The van der Waals surface area contributed by atoms with Crippen molar-refractivity contribution in [3.05, 3.63) is 29.8 Å². The number of Topliss-reactive ketones (excluding diaryl/α,β-unsaturated/α-hetero) is 1. The third kappa shape index (κ3) is 3.11. The number of carbonyl (C=O) groups is 1. The van der Waals surface area contributed by atoms with Gasteiger partial charge in [0.25, 0.3) is 0 Å². The number of thioether (sulfide) groups is 1. The maximum Gasteiger partial charge on any atom is 0.183 e. The molecule has 1 aromatic rings. The minimum absolute atomic E-state index is 0.209. The van der Waals surface area contributed by atoms with Crippen LogP contribution in [0.25, 0.3) is 0 Å². The zero-order chi connectivity index (χ0) is 15.4. The van der Waals surface area contributed by atoms with Crippen LogP contribution < -0.4 is 0 Å². The fraction of sp³-hybridized carbons (Fsp3) is 0.632. The number of hydrogen-bond acceptors (Lipinski definition) is 3. The quantitative estimate of drug-likeness (QED) is 0.589. The van der Waals surface area contributed by atoms with Gasteiger partial charge >= 0.3 is 0 Å². The van der Waals surface area contributed by atoms with E-state index < -0.39 is 0 Å². The number of nitrogens with zero attached hydrogens (tertiary/aromatic N) is 1. The molecule has 120 valence electrons. The van der Waals surface area contributed by atoms with Gasteiger partial charge in [0.05, 0.1) is 5.54 Å². The normalized spacial score (nSPS) is 22.4. The smallest absolute Gasteiger partial charge is 0.183 e. The van der Waals surface area contributed by atoms with E-state index >= 15 is 0 Å². The Hall–Kier alpha value is -0.800. The fourth-order valence-electron chi connectivity index (χ4n) is 4.16. The zero-order valence-corrected chi connectivity index (χ0v) is 14.5. The summed E-state index contributed by atoms with van der Waals surface area (Å²) < 4.78 is 0. The highest BCUT2D eigenvalue weighted by molar-refractivity contribution is 7.98. The topological polar surface area (TPSA) is 20.3 Å². The molecule has 22 heavy (non-hydrogen) atoms. The van der Waals surface area contributed by atoms with E-state index in [1.54, 1.807) is 11.8 Å². The Morgan fingerprint density at radius 3 is 2.14 bits per heavy atom. The molecule has 3 rings (SSSR count). The van der Waals surface area contributed by atoms with E-state index in [0.717, 1.165) is 31.5 Å². The lowest BCUT2D eigenvalue weighted by Crippen LogP contribution is -2.57. The van der Waals surface area contributed by atoms with Gasteiger partial charge < -0.3 is 0 Å². The van der Waals surface area contributed by atoms with Crippen molar-refractivity contribution in [2.75, 3.05) is 19.3 Å². The number of benzene rings is 1. The summed E-state index contributed by atoms with van der Waals surface area (Å²) in [6, 6.07) is 8.25. The monoisotopic (exact) mass is 317 g/mol. The second kappa shape index (κ2) is 7.18. The number of rotatable bonds is 4. The van der Waals surface area contributed by atoms with E-state index in [4.69, 9.17) is 0 Å². The molecule has 0 atom stereocenters. The Morgan fingerprint density at radius 2 is 1.55 bits per heavy atom. The predicted octanol–water partition coefficient (Wildman–Crippen LogP) is 4.78. The van der Waals surface area contributed by atoms with Crippen LogP contribution in [-0.2, 0) is 0 Å². The van der Waals surface area contributed by atoms with Crippen LogP contribution in [0.1, 0.15) is 61.7 Å². The highest BCUT2D eigenvalue weighted by Gasteiger charge is 2.44. The largest absolute Gasteiger partial charge is 0.292 e. The van der Waals surface area contributed by atoms with Gasteiger partial charge in [-0.2, -0.15) is 0 Å². The van der Waals surface area contributed by atoms with Crippen LogP contribution in [0.5, 0.6) is 0 Å². The van der Waals surface area contributed by atoms with Crippen molar-refractivity contribution in [1.29, 1.82) is 0 Å². The van der Waals surface area contributed by atoms with Crippen molar-refractivity contribution in [2.24, 2.45) is 0 Å². The van der Waals surface area contributed by atoms with Crippen LogP contribution in [0, 0.1) is 0 Å². The Labute approximate surface area is 138 Å². The summed E-state index contributed by atoms with van der Waals surface area (Å²) in [6.07, 6.45) is 11.7. The number of carbonyl (C=O) groups excluding carboxylic acids is 1. The standard InChI is InChI=1S/C19H27NOS/c1-22-17-10-8-16(9-11-17)18(21)19(12-4-2-5-13-19)20-14-6-3-7-15-20/h8-11H,2-7,12-15H2,1H3. The predicted molar refractivity (Wildman–Crippen MR) is 93.8 cm³/mol. The third-order valence-electron chi connectivity index (χ3n) is 5.42. The van der Waals surface area contributed by atoms with Crippen LogP contribution in [0.15, 0.2) is 29.2 Å². The van der Waals surface area contributed by atoms with Gasteiger partial charge in [-0.15, -0.1) is 11.8 Å². The molecule has 0 amide bonds. The lowest BCUT2D eigenvalue weighted by Gasteiger charge is -2.47. The van der Waals surface area contributed by atoms with Gasteiger partial charge in [-0.25, -0.2) is 0 Å². The Morgan fingerprint density at radius 1 is 0.955 bits per heavy atom. The summed E-state index contributed by atoms with van der Waals surface area (Å²) in [5.41, 5.74) is 0.699. The first-order chi connectivity index (χ1) is 10.8. The highest BCUT2D eigenvalue weighted by atomic mass is 32.2. The highest BCUT2D eigenvalue weighted by Crippen LogP contribution is 2.38. The molecule has 2 nitrogen and oxygen atoms in total. The van der Waals surface area contributed by atoms with Crippen molar-refractivity contribution >= 4 is 17.5 Å². The maximum atomic E-state index is 13.4. The molecule has 1 saturated heterocycles. The molecule has 3 heteroatoms. The number of hydrogen-bond donors (Lipinski definition) is 0.